The molecule has 27 heavy (non-hydrogen) atoms. The summed E-state index contributed by atoms with van der Waals surface area (Å²) in [5, 5.41) is 13.1. The van der Waals surface area contributed by atoms with Gasteiger partial charge in [-0.15, -0.1) is 11.3 Å². The van der Waals surface area contributed by atoms with E-state index in [4.69, 9.17) is 9.84 Å². The zero-order valence-electron chi connectivity index (χ0n) is 14.7. The zero-order valence-corrected chi connectivity index (χ0v) is 15.5. The van der Waals surface area contributed by atoms with Crippen LogP contribution in [0.25, 0.3) is 26.1 Å². The summed E-state index contributed by atoms with van der Waals surface area (Å²) in [6.07, 6.45) is 3.90. The second kappa shape index (κ2) is 7.34. The summed E-state index contributed by atoms with van der Waals surface area (Å²) in [4.78, 5) is 22.8. The van der Waals surface area contributed by atoms with Crippen molar-refractivity contribution in [3.8, 4) is 11.4 Å². The minimum atomic E-state index is -0.130. The summed E-state index contributed by atoms with van der Waals surface area (Å²) in [5.41, 5.74) is 2.11. The Labute approximate surface area is 158 Å². The molecule has 3 aromatic heterocycles. The molecule has 0 aliphatic heterocycles. The quantitative estimate of drug-likeness (QED) is 0.499. The molecule has 0 amide bonds. The number of hydrogen-bond acceptors (Lipinski definition) is 7. The van der Waals surface area contributed by atoms with Crippen LogP contribution in [0.4, 0.5) is 5.69 Å². The summed E-state index contributed by atoms with van der Waals surface area (Å²) < 4.78 is 7.25. The molecule has 1 aromatic carbocycles. The van der Waals surface area contributed by atoms with Crippen molar-refractivity contribution in [1.29, 1.82) is 0 Å². The van der Waals surface area contributed by atoms with Crippen LogP contribution in [0.15, 0.2) is 47.7 Å². The SMILES string of the molecule is COc1ccc(-n2cnc3c(sc4nccc(NCCCO)c43)c2=O)cc1. The van der Waals surface area contributed by atoms with Gasteiger partial charge in [0.05, 0.1) is 23.7 Å². The number of thiophene rings is 1. The molecule has 4 rings (SSSR count). The van der Waals surface area contributed by atoms with Gasteiger partial charge in [0.2, 0.25) is 0 Å². The maximum atomic E-state index is 13.0. The van der Waals surface area contributed by atoms with Gasteiger partial charge < -0.3 is 15.2 Å². The van der Waals surface area contributed by atoms with Gasteiger partial charge in [-0.3, -0.25) is 9.36 Å². The largest absolute Gasteiger partial charge is 0.497 e. The number of anilines is 1. The molecular formula is C19H18N4O3S. The van der Waals surface area contributed by atoms with Gasteiger partial charge in [0, 0.05) is 25.0 Å². The van der Waals surface area contributed by atoms with Gasteiger partial charge in [-0.05, 0) is 36.8 Å². The van der Waals surface area contributed by atoms with Crippen molar-refractivity contribution >= 4 is 37.5 Å². The number of hydrogen-bond donors (Lipinski definition) is 2. The van der Waals surface area contributed by atoms with Gasteiger partial charge in [0.1, 0.15) is 21.6 Å². The van der Waals surface area contributed by atoms with E-state index in [1.54, 1.807) is 19.6 Å². The number of aliphatic hydroxyl groups excluding tert-OH is 1. The average molecular weight is 382 g/mol. The Morgan fingerprint density at radius 3 is 2.78 bits per heavy atom. The Morgan fingerprint density at radius 2 is 2.04 bits per heavy atom. The van der Waals surface area contributed by atoms with E-state index in [2.05, 4.69) is 15.3 Å². The first-order valence-electron chi connectivity index (χ1n) is 8.51. The number of fused-ring (bicyclic) bond motifs is 3. The van der Waals surface area contributed by atoms with Crippen LogP contribution in [0.1, 0.15) is 6.42 Å². The summed E-state index contributed by atoms with van der Waals surface area (Å²) >= 11 is 1.34. The lowest BCUT2D eigenvalue weighted by Gasteiger charge is -2.08. The van der Waals surface area contributed by atoms with Gasteiger partial charge in [0.15, 0.2) is 0 Å². The Bertz CT molecular complexity index is 1150. The molecular weight excluding hydrogens is 364 g/mol. The Morgan fingerprint density at radius 1 is 1.22 bits per heavy atom. The van der Waals surface area contributed by atoms with Crippen molar-refractivity contribution in [3.05, 3.63) is 53.2 Å². The number of nitrogens with one attached hydrogen (secondary N) is 1. The van der Waals surface area contributed by atoms with E-state index in [1.807, 2.05) is 30.3 Å². The summed E-state index contributed by atoms with van der Waals surface area (Å²) in [6, 6.07) is 9.12. The molecule has 7 nitrogen and oxygen atoms in total. The van der Waals surface area contributed by atoms with Crippen molar-refractivity contribution in [3.63, 3.8) is 0 Å². The van der Waals surface area contributed by atoms with E-state index < -0.39 is 0 Å². The molecule has 0 radical (unpaired) electrons. The standard InChI is InChI=1S/C19H18N4O3S/c1-26-13-5-3-12(4-6-13)23-11-22-16-15-14(20-8-2-10-24)7-9-21-18(15)27-17(16)19(23)25/h3-7,9,11,24H,2,8,10H2,1H3,(H,20,21). The van der Waals surface area contributed by atoms with Crippen LogP contribution in [-0.4, -0.2) is 39.9 Å². The fourth-order valence-electron chi connectivity index (χ4n) is 2.93. The zero-order chi connectivity index (χ0) is 18.8. The minimum Gasteiger partial charge on any atom is -0.497 e. The molecule has 0 bridgehead atoms. The molecule has 0 atom stereocenters. The number of nitrogens with zero attached hydrogens (tertiary/aromatic N) is 3. The van der Waals surface area contributed by atoms with Gasteiger partial charge in [0.25, 0.3) is 5.56 Å². The predicted octanol–water partition coefficient (Wildman–Crippen LogP) is 2.80. The number of aromatic nitrogens is 3. The maximum Gasteiger partial charge on any atom is 0.275 e. The molecule has 138 valence electrons. The first-order valence-corrected chi connectivity index (χ1v) is 9.32. The van der Waals surface area contributed by atoms with Crippen LogP contribution in [-0.2, 0) is 0 Å². The van der Waals surface area contributed by atoms with Crippen LogP contribution in [0, 0.1) is 0 Å². The van der Waals surface area contributed by atoms with Crippen LogP contribution in [0.2, 0.25) is 0 Å². The van der Waals surface area contributed by atoms with E-state index in [1.165, 1.54) is 15.9 Å². The fraction of sp³-hybridized carbons (Fsp3) is 0.211. The van der Waals surface area contributed by atoms with Crippen LogP contribution < -0.4 is 15.6 Å². The van der Waals surface area contributed by atoms with Crippen molar-refractivity contribution in [2.24, 2.45) is 0 Å². The molecule has 0 unspecified atom stereocenters. The van der Waals surface area contributed by atoms with Crippen LogP contribution >= 0.6 is 11.3 Å². The van der Waals surface area contributed by atoms with Crippen molar-refractivity contribution in [2.75, 3.05) is 25.6 Å². The molecule has 0 aliphatic rings. The predicted molar refractivity (Wildman–Crippen MR) is 107 cm³/mol. The maximum absolute atomic E-state index is 13.0. The van der Waals surface area contributed by atoms with Crippen molar-refractivity contribution < 1.29 is 9.84 Å². The highest BCUT2D eigenvalue weighted by molar-refractivity contribution is 7.25. The molecule has 3 heterocycles. The fourth-order valence-corrected chi connectivity index (χ4v) is 3.98. The van der Waals surface area contributed by atoms with Crippen LogP contribution in [0.5, 0.6) is 5.75 Å². The number of benzene rings is 1. The molecule has 8 heteroatoms. The smallest absolute Gasteiger partial charge is 0.275 e. The van der Waals surface area contributed by atoms with E-state index in [9.17, 15) is 4.79 Å². The highest BCUT2D eigenvalue weighted by Crippen LogP contribution is 2.34. The molecule has 2 N–H and O–H groups in total. The lowest BCUT2D eigenvalue weighted by Crippen LogP contribution is -2.17. The number of aliphatic hydroxyl groups is 1. The third kappa shape index (κ3) is 3.13. The van der Waals surface area contributed by atoms with Crippen LogP contribution in [0.3, 0.4) is 0 Å². The second-order valence-corrected chi connectivity index (χ2v) is 6.94. The minimum absolute atomic E-state index is 0.121. The third-order valence-corrected chi connectivity index (χ3v) is 5.36. The molecule has 0 saturated carbocycles. The van der Waals surface area contributed by atoms with E-state index in [0.717, 1.165) is 27.3 Å². The average Bonchev–Trinajstić information content (AvgIpc) is 3.09. The van der Waals surface area contributed by atoms with Crippen molar-refractivity contribution in [2.45, 2.75) is 6.42 Å². The number of pyridine rings is 1. The van der Waals surface area contributed by atoms with Gasteiger partial charge in [-0.1, -0.05) is 0 Å². The number of ether oxygens (including phenoxy) is 1. The van der Waals surface area contributed by atoms with E-state index in [-0.39, 0.29) is 12.2 Å². The monoisotopic (exact) mass is 382 g/mol. The first kappa shape index (κ1) is 17.4. The molecule has 0 spiro atoms. The van der Waals surface area contributed by atoms with Gasteiger partial charge in [-0.2, -0.15) is 0 Å². The highest BCUT2D eigenvalue weighted by Gasteiger charge is 2.16. The number of rotatable bonds is 6. The normalized spacial score (nSPS) is 11.2. The molecule has 4 aromatic rings. The lowest BCUT2D eigenvalue weighted by molar-refractivity contribution is 0.292. The topological polar surface area (TPSA) is 89.3 Å². The van der Waals surface area contributed by atoms with Gasteiger partial charge >= 0.3 is 0 Å². The second-order valence-electron chi connectivity index (χ2n) is 5.94. The van der Waals surface area contributed by atoms with E-state index >= 15 is 0 Å². The summed E-state index contributed by atoms with van der Waals surface area (Å²) in [7, 11) is 1.60. The third-order valence-electron chi connectivity index (χ3n) is 4.28. The van der Waals surface area contributed by atoms with E-state index in [0.29, 0.717) is 23.2 Å². The Balaban J connectivity index is 1.84. The molecule has 0 aliphatic carbocycles. The summed E-state index contributed by atoms with van der Waals surface area (Å²) in [5.74, 6) is 0.727. The number of methoxy groups -OCH3 is 1. The van der Waals surface area contributed by atoms with Crippen molar-refractivity contribution in [1.82, 2.24) is 14.5 Å². The Kier molecular flexibility index (Phi) is 4.74. The first-order chi connectivity index (χ1) is 13.2. The Hall–Kier alpha value is -2.97. The highest BCUT2D eigenvalue weighted by atomic mass is 32.1. The summed E-state index contributed by atoms with van der Waals surface area (Å²) in [6.45, 7) is 0.756. The molecule has 0 fully saturated rings. The molecule has 0 saturated heterocycles. The van der Waals surface area contributed by atoms with Gasteiger partial charge in [-0.25, -0.2) is 9.97 Å². The lowest BCUT2D eigenvalue weighted by atomic mass is 10.2.